The first kappa shape index (κ1) is 22.9. The highest BCUT2D eigenvalue weighted by Crippen LogP contribution is 2.40. The SMILES string of the molecule is COC(=O)N1c2ccc3c(nc([C@@H](C)Cn4cc(C)cn4)n3[C@@H]3CCS(=O)(=O)C3)c2CC[C@@H]1C. The summed E-state index contributed by atoms with van der Waals surface area (Å²) in [7, 11) is -1.68. The molecule has 9 nitrogen and oxygen atoms in total. The average molecular weight is 486 g/mol. The Morgan fingerprint density at radius 3 is 2.74 bits per heavy atom. The number of fused-ring (bicyclic) bond motifs is 3. The van der Waals surface area contributed by atoms with Crippen molar-refractivity contribution in [2.75, 3.05) is 23.5 Å². The van der Waals surface area contributed by atoms with Gasteiger partial charge in [-0.3, -0.25) is 9.58 Å². The van der Waals surface area contributed by atoms with Crippen LogP contribution in [0.1, 0.15) is 55.6 Å². The van der Waals surface area contributed by atoms with Crippen LogP contribution in [0.4, 0.5) is 10.5 Å². The van der Waals surface area contributed by atoms with Crippen molar-refractivity contribution in [1.82, 2.24) is 19.3 Å². The van der Waals surface area contributed by atoms with Crippen LogP contribution in [0.3, 0.4) is 0 Å². The molecule has 2 aliphatic heterocycles. The highest BCUT2D eigenvalue weighted by Gasteiger charge is 2.35. The molecule has 0 unspecified atom stereocenters. The molecule has 1 saturated heterocycles. The summed E-state index contributed by atoms with van der Waals surface area (Å²) in [6, 6.07) is 3.82. The Morgan fingerprint density at radius 1 is 1.29 bits per heavy atom. The fourth-order valence-corrected chi connectivity index (χ4v) is 7.13. The number of imidazole rings is 1. The van der Waals surface area contributed by atoms with E-state index in [-0.39, 0.29) is 35.6 Å². The lowest BCUT2D eigenvalue weighted by Gasteiger charge is -2.34. The van der Waals surface area contributed by atoms with Gasteiger partial charge in [0.15, 0.2) is 9.84 Å². The molecule has 34 heavy (non-hydrogen) atoms. The number of sulfone groups is 1. The molecule has 0 radical (unpaired) electrons. The van der Waals surface area contributed by atoms with Crippen LogP contribution < -0.4 is 4.90 Å². The van der Waals surface area contributed by atoms with Gasteiger partial charge in [0.05, 0.1) is 54.1 Å². The van der Waals surface area contributed by atoms with E-state index in [4.69, 9.17) is 9.72 Å². The molecule has 182 valence electrons. The van der Waals surface area contributed by atoms with Gasteiger partial charge in [0, 0.05) is 23.7 Å². The van der Waals surface area contributed by atoms with Crippen molar-refractivity contribution in [3.05, 3.63) is 41.5 Å². The zero-order valence-electron chi connectivity index (χ0n) is 20.1. The molecule has 2 aromatic heterocycles. The number of nitrogens with zero attached hydrogens (tertiary/aromatic N) is 5. The molecule has 4 heterocycles. The number of benzene rings is 1. The summed E-state index contributed by atoms with van der Waals surface area (Å²) in [6.45, 7) is 6.77. The van der Waals surface area contributed by atoms with E-state index in [0.29, 0.717) is 13.0 Å². The highest BCUT2D eigenvalue weighted by molar-refractivity contribution is 7.91. The Labute approximate surface area is 199 Å². The molecule has 1 amide bonds. The number of hydrogen-bond acceptors (Lipinski definition) is 6. The van der Waals surface area contributed by atoms with Crippen LogP contribution in [0, 0.1) is 6.92 Å². The molecule has 1 aromatic carbocycles. The number of anilines is 1. The van der Waals surface area contributed by atoms with E-state index in [1.807, 2.05) is 43.1 Å². The molecule has 5 rings (SSSR count). The van der Waals surface area contributed by atoms with E-state index < -0.39 is 9.84 Å². The number of rotatable bonds is 4. The lowest BCUT2D eigenvalue weighted by Crippen LogP contribution is -2.42. The van der Waals surface area contributed by atoms with Gasteiger partial charge >= 0.3 is 6.09 Å². The number of hydrogen-bond donors (Lipinski definition) is 0. The number of carbonyl (C=O) groups is 1. The predicted molar refractivity (Wildman–Crippen MR) is 130 cm³/mol. The second-order valence-electron chi connectivity index (χ2n) is 9.70. The van der Waals surface area contributed by atoms with Crippen molar-refractivity contribution in [3.63, 3.8) is 0 Å². The fourth-order valence-electron chi connectivity index (χ4n) is 5.43. The third-order valence-electron chi connectivity index (χ3n) is 7.09. The second kappa shape index (κ2) is 8.41. The van der Waals surface area contributed by atoms with E-state index in [1.54, 1.807) is 4.90 Å². The van der Waals surface area contributed by atoms with Crippen LogP contribution >= 0.6 is 0 Å². The lowest BCUT2D eigenvalue weighted by molar-refractivity contribution is 0.175. The molecule has 0 saturated carbocycles. The van der Waals surface area contributed by atoms with Crippen molar-refractivity contribution in [2.24, 2.45) is 0 Å². The number of ether oxygens (including phenoxy) is 1. The van der Waals surface area contributed by atoms with Gasteiger partial charge in [-0.1, -0.05) is 6.92 Å². The van der Waals surface area contributed by atoms with E-state index in [0.717, 1.165) is 46.5 Å². The zero-order chi connectivity index (χ0) is 24.2. The summed E-state index contributed by atoms with van der Waals surface area (Å²) >= 11 is 0. The molecule has 0 aliphatic carbocycles. The molecule has 2 aliphatic rings. The first-order chi connectivity index (χ1) is 16.2. The topological polar surface area (TPSA) is 99.3 Å². The Morgan fingerprint density at radius 2 is 2.09 bits per heavy atom. The first-order valence-electron chi connectivity index (χ1n) is 11.8. The molecule has 10 heteroatoms. The van der Waals surface area contributed by atoms with Gasteiger partial charge in [-0.2, -0.15) is 5.10 Å². The molecule has 0 N–H and O–H groups in total. The normalized spacial score (nSPS) is 22.6. The summed E-state index contributed by atoms with van der Waals surface area (Å²) in [5, 5.41) is 4.43. The van der Waals surface area contributed by atoms with Crippen LogP contribution in [0.25, 0.3) is 11.0 Å². The Kier molecular flexibility index (Phi) is 5.66. The largest absolute Gasteiger partial charge is 0.452 e. The molecule has 0 spiro atoms. The minimum Gasteiger partial charge on any atom is -0.452 e. The second-order valence-corrected chi connectivity index (χ2v) is 11.9. The van der Waals surface area contributed by atoms with Gasteiger partial charge < -0.3 is 9.30 Å². The maximum absolute atomic E-state index is 12.5. The summed E-state index contributed by atoms with van der Waals surface area (Å²) in [5.41, 5.74) is 4.71. The molecule has 0 bridgehead atoms. The molecular weight excluding hydrogens is 454 g/mol. The van der Waals surface area contributed by atoms with E-state index in [2.05, 4.69) is 16.6 Å². The van der Waals surface area contributed by atoms with Crippen LogP contribution in [0.5, 0.6) is 0 Å². The van der Waals surface area contributed by atoms with Gasteiger partial charge in [0.25, 0.3) is 0 Å². The Balaban J connectivity index is 1.65. The number of methoxy groups -OCH3 is 1. The van der Waals surface area contributed by atoms with Crippen molar-refractivity contribution in [1.29, 1.82) is 0 Å². The monoisotopic (exact) mass is 485 g/mol. The summed E-state index contributed by atoms with van der Waals surface area (Å²) in [6.07, 6.45) is 5.64. The van der Waals surface area contributed by atoms with Crippen LogP contribution in [0.2, 0.25) is 0 Å². The van der Waals surface area contributed by atoms with Crippen molar-refractivity contribution in [2.45, 2.75) is 64.6 Å². The van der Waals surface area contributed by atoms with Gasteiger partial charge in [0.2, 0.25) is 0 Å². The maximum atomic E-state index is 12.5. The smallest absolute Gasteiger partial charge is 0.414 e. The van der Waals surface area contributed by atoms with Gasteiger partial charge in [-0.15, -0.1) is 0 Å². The standard InChI is InChI=1S/C24H31N5O4S/c1-15-11-25-27(12-15)13-16(2)23-26-22-19-6-5-17(3)28(24(30)33-4)20(19)7-8-21(22)29(23)18-9-10-34(31,32)14-18/h7-8,11-12,16-18H,5-6,9-10,13-14H2,1-4H3/t16-,17-,18+/m0/s1. The quantitative estimate of drug-likeness (QED) is 0.560. The van der Waals surface area contributed by atoms with Crippen molar-refractivity contribution < 1.29 is 17.9 Å². The van der Waals surface area contributed by atoms with Crippen LogP contribution in [-0.2, 0) is 27.5 Å². The summed E-state index contributed by atoms with van der Waals surface area (Å²) < 4.78 is 33.8. The minimum atomic E-state index is -3.07. The predicted octanol–water partition coefficient (Wildman–Crippen LogP) is 3.61. The zero-order valence-corrected chi connectivity index (χ0v) is 20.9. The summed E-state index contributed by atoms with van der Waals surface area (Å²) in [4.78, 5) is 19.4. The van der Waals surface area contributed by atoms with Crippen LogP contribution in [-0.4, -0.2) is 58.5 Å². The molecule has 1 fully saturated rings. The lowest BCUT2D eigenvalue weighted by atomic mass is 9.95. The number of aromatic nitrogens is 4. The Bertz CT molecular complexity index is 1360. The van der Waals surface area contributed by atoms with E-state index in [1.165, 1.54) is 7.11 Å². The van der Waals surface area contributed by atoms with Gasteiger partial charge in [0.1, 0.15) is 5.82 Å². The minimum absolute atomic E-state index is 0.0184. The highest BCUT2D eigenvalue weighted by atomic mass is 32.2. The number of amides is 1. The van der Waals surface area contributed by atoms with Gasteiger partial charge in [-0.05, 0) is 50.8 Å². The van der Waals surface area contributed by atoms with Gasteiger partial charge in [-0.25, -0.2) is 18.2 Å². The van der Waals surface area contributed by atoms with E-state index >= 15 is 0 Å². The molecule has 3 aromatic rings. The maximum Gasteiger partial charge on any atom is 0.414 e. The third kappa shape index (κ3) is 3.87. The Hall–Kier alpha value is -2.88. The molecular formula is C24H31N5O4S. The summed E-state index contributed by atoms with van der Waals surface area (Å²) in [5.74, 6) is 1.20. The molecule has 3 atom stereocenters. The number of carbonyl (C=O) groups excluding carboxylic acids is 1. The average Bonchev–Trinajstić information content (AvgIpc) is 3.48. The fraction of sp³-hybridized carbons (Fsp3) is 0.542. The third-order valence-corrected chi connectivity index (χ3v) is 8.84. The van der Waals surface area contributed by atoms with Crippen molar-refractivity contribution in [3.8, 4) is 0 Å². The van der Waals surface area contributed by atoms with Crippen LogP contribution in [0.15, 0.2) is 24.5 Å². The van der Waals surface area contributed by atoms with E-state index in [9.17, 15) is 13.2 Å². The first-order valence-corrected chi connectivity index (χ1v) is 13.6. The van der Waals surface area contributed by atoms with Crippen molar-refractivity contribution >= 4 is 32.7 Å². The number of aryl methyl sites for hydroxylation is 2.